The van der Waals surface area contributed by atoms with Crippen LogP contribution in [0.3, 0.4) is 0 Å². The van der Waals surface area contributed by atoms with Crippen LogP contribution < -0.4 is 10.6 Å². The highest BCUT2D eigenvalue weighted by Gasteiger charge is 2.08. The molecular formula is C15H12N2O2S. The van der Waals surface area contributed by atoms with Crippen molar-refractivity contribution in [3.8, 4) is 12.3 Å². The molecule has 1 aromatic carbocycles. The van der Waals surface area contributed by atoms with Gasteiger partial charge in [0.25, 0.3) is 11.8 Å². The average molecular weight is 284 g/mol. The Balaban J connectivity index is 2.00. The van der Waals surface area contributed by atoms with Crippen molar-refractivity contribution in [2.75, 3.05) is 11.9 Å². The average Bonchev–Trinajstić information content (AvgIpc) is 3.00. The van der Waals surface area contributed by atoms with Crippen molar-refractivity contribution < 1.29 is 9.59 Å². The lowest BCUT2D eigenvalue weighted by atomic mass is 10.2. The van der Waals surface area contributed by atoms with E-state index in [4.69, 9.17) is 6.42 Å². The first-order valence-electron chi connectivity index (χ1n) is 5.87. The van der Waals surface area contributed by atoms with Crippen molar-refractivity contribution in [1.82, 2.24) is 5.32 Å². The topological polar surface area (TPSA) is 58.2 Å². The Bertz CT molecular complexity index is 640. The minimum absolute atomic E-state index is 0.162. The highest BCUT2D eigenvalue weighted by atomic mass is 32.1. The lowest BCUT2D eigenvalue weighted by molar-refractivity contribution is 0.0958. The van der Waals surface area contributed by atoms with E-state index in [0.29, 0.717) is 16.1 Å². The quantitative estimate of drug-likeness (QED) is 0.847. The summed E-state index contributed by atoms with van der Waals surface area (Å²) in [6, 6.07) is 10.2. The number of carbonyl (C=O) groups is 2. The number of amides is 2. The first-order valence-corrected chi connectivity index (χ1v) is 6.75. The number of nitrogens with one attached hydrogen (secondary N) is 2. The van der Waals surface area contributed by atoms with Gasteiger partial charge in [-0.2, -0.15) is 0 Å². The molecule has 0 spiro atoms. The van der Waals surface area contributed by atoms with Gasteiger partial charge in [-0.1, -0.05) is 12.0 Å². The molecule has 0 unspecified atom stereocenters. The van der Waals surface area contributed by atoms with Gasteiger partial charge in [0.1, 0.15) is 0 Å². The van der Waals surface area contributed by atoms with Gasteiger partial charge in [-0.15, -0.1) is 17.8 Å². The lowest BCUT2D eigenvalue weighted by Crippen LogP contribution is -2.23. The number of hydrogen-bond donors (Lipinski definition) is 2. The van der Waals surface area contributed by atoms with Gasteiger partial charge in [-0.3, -0.25) is 9.59 Å². The fourth-order valence-electron chi connectivity index (χ4n) is 1.54. The summed E-state index contributed by atoms with van der Waals surface area (Å²) in [6.45, 7) is 0.190. The summed E-state index contributed by atoms with van der Waals surface area (Å²) < 4.78 is 0. The third kappa shape index (κ3) is 3.46. The SMILES string of the molecule is C#CCNC(=O)c1ccc(NC(=O)c2cccs2)cc1. The Morgan fingerprint density at radius 3 is 2.50 bits per heavy atom. The van der Waals surface area contributed by atoms with Crippen molar-refractivity contribution in [2.45, 2.75) is 0 Å². The molecule has 0 aliphatic carbocycles. The molecule has 20 heavy (non-hydrogen) atoms. The van der Waals surface area contributed by atoms with E-state index in [0.717, 1.165) is 0 Å². The number of hydrogen-bond acceptors (Lipinski definition) is 3. The van der Waals surface area contributed by atoms with Crippen LogP contribution in [0, 0.1) is 12.3 Å². The number of anilines is 1. The summed E-state index contributed by atoms with van der Waals surface area (Å²) in [6.07, 6.45) is 5.07. The van der Waals surface area contributed by atoms with Gasteiger partial charge in [-0.05, 0) is 35.7 Å². The zero-order valence-corrected chi connectivity index (χ0v) is 11.4. The summed E-state index contributed by atoms with van der Waals surface area (Å²) in [5.41, 5.74) is 1.13. The first kappa shape index (κ1) is 13.8. The van der Waals surface area contributed by atoms with Crippen molar-refractivity contribution in [1.29, 1.82) is 0 Å². The van der Waals surface area contributed by atoms with E-state index in [1.807, 2.05) is 11.4 Å². The van der Waals surface area contributed by atoms with E-state index in [1.54, 1.807) is 30.3 Å². The molecule has 2 N–H and O–H groups in total. The smallest absolute Gasteiger partial charge is 0.265 e. The number of rotatable bonds is 4. The van der Waals surface area contributed by atoms with Crippen LogP contribution in [0.1, 0.15) is 20.0 Å². The van der Waals surface area contributed by atoms with Crippen LogP contribution in [0.15, 0.2) is 41.8 Å². The highest BCUT2D eigenvalue weighted by Crippen LogP contribution is 2.14. The number of carbonyl (C=O) groups excluding carboxylic acids is 2. The normalized spacial score (nSPS) is 9.55. The number of terminal acetylenes is 1. The molecule has 0 saturated heterocycles. The Hall–Kier alpha value is -2.58. The Morgan fingerprint density at radius 2 is 1.90 bits per heavy atom. The summed E-state index contributed by atoms with van der Waals surface area (Å²) in [5.74, 6) is 1.93. The molecule has 1 aromatic heterocycles. The minimum atomic E-state index is -0.237. The second-order valence-electron chi connectivity index (χ2n) is 3.90. The monoisotopic (exact) mass is 284 g/mol. The first-order chi connectivity index (χ1) is 9.70. The molecule has 0 radical (unpaired) electrons. The predicted octanol–water partition coefficient (Wildman–Crippen LogP) is 2.36. The van der Waals surface area contributed by atoms with Crippen LogP contribution in [-0.4, -0.2) is 18.4 Å². The second-order valence-corrected chi connectivity index (χ2v) is 4.84. The van der Waals surface area contributed by atoms with Gasteiger partial charge >= 0.3 is 0 Å². The maximum atomic E-state index is 11.8. The predicted molar refractivity (Wildman–Crippen MR) is 79.9 cm³/mol. The Kier molecular flexibility index (Phi) is 4.53. The van der Waals surface area contributed by atoms with Crippen LogP contribution >= 0.6 is 11.3 Å². The molecule has 2 aromatic rings. The van der Waals surface area contributed by atoms with Crippen LogP contribution in [0.25, 0.3) is 0 Å². The Morgan fingerprint density at radius 1 is 1.15 bits per heavy atom. The number of benzene rings is 1. The van der Waals surface area contributed by atoms with Crippen LogP contribution in [0.4, 0.5) is 5.69 Å². The van der Waals surface area contributed by atoms with Crippen LogP contribution in [0.5, 0.6) is 0 Å². The second kappa shape index (κ2) is 6.55. The molecule has 0 fully saturated rings. The summed E-state index contributed by atoms with van der Waals surface area (Å²) in [4.78, 5) is 24.1. The number of thiophene rings is 1. The van der Waals surface area contributed by atoms with E-state index in [1.165, 1.54) is 11.3 Å². The van der Waals surface area contributed by atoms with E-state index >= 15 is 0 Å². The summed E-state index contributed by atoms with van der Waals surface area (Å²) >= 11 is 1.37. The lowest BCUT2D eigenvalue weighted by Gasteiger charge is -2.05. The molecule has 100 valence electrons. The zero-order chi connectivity index (χ0) is 14.4. The largest absolute Gasteiger partial charge is 0.341 e. The maximum Gasteiger partial charge on any atom is 0.265 e. The van der Waals surface area contributed by atoms with E-state index in [9.17, 15) is 9.59 Å². The Labute approximate surface area is 120 Å². The van der Waals surface area contributed by atoms with Gasteiger partial charge in [0, 0.05) is 11.3 Å². The fourth-order valence-corrected chi connectivity index (χ4v) is 2.16. The molecule has 0 saturated carbocycles. The van der Waals surface area contributed by atoms with Crippen molar-refractivity contribution >= 4 is 28.8 Å². The third-order valence-electron chi connectivity index (χ3n) is 2.50. The van der Waals surface area contributed by atoms with Gasteiger partial charge in [0.15, 0.2) is 0 Å². The third-order valence-corrected chi connectivity index (χ3v) is 3.37. The van der Waals surface area contributed by atoms with Gasteiger partial charge in [0.05, 0.1) is 11.4 Å². The van der Waals surface area contributed by atoms with Crippen LogP contribution in [0.2, 0.25) is 0 Å². The molecular weight excluding hydrogens is 272 g/mol. The van der Waals surface area contributed by atoms with E-state index in [2.05, 4.69) is 16.6 Å². The molecule has 0 atom stereocenters. The minimum Gasteiger partial charge on any atom is -0.341 e. The summed E-state index contributed by atoms with van der Waals surface area (Å²) in [5, 5.41) is 7.17. The molecule has 0 aliphatic heterocycles. The van der Waals surface area contributed by atoms with E-state index < -0.39 is 0 Å². The standard InChI is InChI=1S/C15H12N2O2S/c1-2-9-16-14(18)11-5-7-12(8-6-11)17-15(19)13-4-3-10-20-13/h1,3-8,10H,9H2,(H,16,18)(H,17,19). The molecule has 2 rings (SSSR count). The highest BCUT2D eigenvalue weighted by molar-refractivity contribution is 7.12. The molecule has 0 bridgehead atoms. The fraction of sp³-hybridized carbons (Fsp3) is 0.0667. The molecule has 0 aliphatic rings. The van der Waals surface area contributed by atoms with Crippen molar-refractivity contribution in [3.05, 3.63) is 52.2 Å². The molecule has 5 heteroatoms. The van der Waals surface area contributed by atoms with Gasteiger partial charge in [0.2, 0.25) is 0 Å². The van der Waals surface area contributed by atoms with Gasteiger partial charge in [-0.25, -0.2) is 0 Å². The zero-order valence-electron chi connectivity index (χ0n) is 10.6. The summed E-state index contributed by atoms with van der Waals surface area (Å²) in [7, 11) is 0. The molecule has 2 amide bonds. The van der Waals surface area contributed by atoms with Crippen molar-refractivity contribution in [3.63, 3.8) is 0 Å². The van der Waals surface area contributed by atoms with E-state index in [-0.39, 0.29) is 18.4 Å². The maximum absolute atomic E-state index is 11.8. The van der Waals surface area contributed by atoms with Gasteiger partial charge < -0.3 is 10.6 Å². The van der Waals surface area contributed by atoms with Crippen LogP contribution in [-0.2, 0) is 0 Å². The molecule has 1 heterocycles. The molecule has 4 nitrogen and oxygen atoms in total. The van der Waals surface area contributed by atoms with Crippen molar-refractivity contribution in [2.24, 2.45) is 0 Å².